The van der Waals surface area contributed by atoms with Gasteiger partial charge < -0.3 is 5.32 Å². The average molecular weight is 156 g/mol. The van der Waals surface area contributed by atoms with Crippen LogP contribution in [0.3, 0.4) is 0 Å². The van der Waals surface area contributed by atoms with Gasteiger partial charge >= 0.3 is 0 Å². The maximum Gasteiger partial charge on any atom is 0.0402 e. The Hall–Kier alpha value is -1.57. The Morgan fingerprint density at radius 1 is 1.25 bits per heavy atom. The summed E-state index contributed by atoms with van der Waals surface area (Å²) in [6.07, 6.45) is 5.87. The van der Waals surface area contributed by atoms with Crippen molar-refractivity contribution in [3.63, 3.8) is 0 Å². The van der Waals surface area contributed by atoms with Crippen molar-refractivity contribution in [2.45, 2.75) is 6.54 Å². The molecule has 0 saturated carbocycles. The first kappa shape index (κ1) is 6.00. The standard InChI is InChI=1S/C10H8N2/c1-7-3-11-5-9(7)2-10-6-12-4-8(1)10/h1-5,12H,6H2. The van der Waals surface area contributed by atoms with Gasteiger partial charge in [-0.25, -0.2) is 0 Å². The molecule has 1 aromatic carbocycles. The van der Waals surface area contributed by atoms with Gasteiger partial charge in [0.15, 0.2) is 0 Å². The minimum atomic E-state index is 0.955. The molecule has 58 valence electrons. The van der Waals surface area contributed by atoms with Gasteiger partial charge in [-0.15, -0.1) is 0 Å². The first-order valence-electron chi connectivity index (χ1n) is 4.03. The van der Waals surface area contributed by atoms with Crippen LogP contribution < -0.4 is 15.8 Å². The van der Waals surface area contributed by atoms with Crippen LogP contribution in [-0.2, 0) is 6.54 Å². The number of fused-ring (bicyclic) bond motifs is 2. The summed E-state index contributed by atoms with van der Waals surface area (Å²) in [5, 5.41) is 5.75. The van der Waals surface area contributed by atoms with E-state index in [9.17, 15) is 0 Å². The number of aliphatic imine (C=N–C) groups is 1. The molecule has 2 heterocycles. The van der Waals surface area contributed by atoms with Gasteiger partial charge in [0.2, 0.25) is 0 Å². The minimum absolute atomic E-state index is 0.955. The molecule has 0 unspecified atom stereocenters. The van der Waals surface area contributed by atoms with E-state index in [-0.39, 0.29) is 0 Å². The second kappa shape index (κ2) is 1.97. The van der Waals surface area contributed by atoms with E-state index in [0.29, 0.717) is 0 Å². The lowest BCUT2D eigenvalue weighted by Crippen LogP contribution is -2.14. The van der Waals surface area contributed by atoms with Crippen LogP contribution in [0.5, 0.6) is 0 Å². The molecule has 1 aromatic rings. The number of benzene rings is 1. The molecule has 0 saturated heterocycles. The zero-order valence-electron chi connectivity index (χ0n) is 6.54. The highest BCUT2D eigenvalue weighted by Crippen LogP contribution is 1.98. The maximum absolute atomic E-state index is 4.11. The zero-order valence-corrected chi connectivity index (χ0v) is 6.54. The Morgan fingerprint density at radius 3 is 3.25 bits per heavy atom. The van der Waals surface area contributed by atoms with Gasteiger partial charge in [0.05, 0.1) is 0 Å². The predicted octanol–water partition coefficient (Wildman–Crippen LogP) is -0.302. The van der Waals surface area contributed by atoms with Crippen LogP contribution in [0, 0.1) is 0 Å². The molecule has 0 aromatic heterocycles. The van der Waals surface area contributed by atoms with E-state index in [2.05, 4.69) is 28.6 Å². The van der Waals surface area contributed by atoms with Crippen LogP contribution in [0.1, 0.15) is 11.1 Å². The molecule has 2 aliphatic rings. The van der Waals surface area contributed by atoms with E-state index < -0.39 is 0 Å². The molecule has 12 heavy (non-hydrogen) atoms. The van der Waals surface area contributed by atoms with Gasteiger partial charge in [-0.2, -0.15) is 0 Å². The second-order valence-electron chi connectivity index (χ2n) is 3.11. The van der Waals surface area contributed by atoms with Crippen molar-refractivity contribution in [3.05, 3.63) is 33.7 Å². The average Bonchev–Trinajstić information content (AvgIpc) is 2.64. The first-order chi connectivity index (χ1) is 5.93. The van der Waals surface area contributed by atoms with E-state index in [1.54, 1.807) is 0 Å². The summed E-state index contributed by atoms with van der Waals surface area (Å²) >= 11 is 0. The van der Waals surface area contributed by atoms with E-state index in [1.165, 1.54) is 21.6 Å². The largest absolute Gasteiger partial charge is 0.386 e. The number of nitrogens with one attached hydrogen (secondary N) is 1. The second-order valence-corrected chi connectivity index (χ2v) is 3.11. The molecule has 2 nitrogen and oxygen atoms in total. The molecule has 2 aliphatic heterocycles. The van der Waals surface area contributed by atoms with Gasteiger partial charge in [-0.3, -0.25) is 4.99 Å². The lowest BCUT2D eigenvalue weighted by molar-refractivity contribution is 0.947. The predicted molar refractivity (Wildman–Crippen MR) is 49.1 cm³/mol. The van der Waals surface area contributed by atoms with Crippen molar-refractivity contribution in [2.75, 3.05) is 0 Å². The molecule has 1 N–H and O–H groups in total. The summed E-state index contributed by atoms with van der Waals surface area (Å²) in [5.41, 5.74) is 2.60. The van der Waals surface area contributed by atoms with E-state index in [0.717, 1.165) is 6.54 Å². The quantitative estimate of drug-likeness (QED) is 0.548. The van der Waals surface area contributed by atoms with Gasteiger partial charge in [-0.1, -0.05) is 0 Å². The topological polar surface area (TPSA) is 24.4 Å². The van der Waals surface area contributed by atoms with Crippen molar-refractivity contribution < 1.29 is 0 Å². The van der Waals surface area contributed by atoms with Crippen LogP contribution in [0.4, 0.5) is 0 Å². The number of rotatable bonds is 0. The molecule has 0 aliphatic carbocycles. The third-order valence-corrected chi connectivity index (χ3v) is 2.32. The lowest BCUT2D eigenvalue weighted by Gasteiger charge is -1.94. The van der Waals surface area contributed by atoms with Crippen molar-refractivity contribution in [2.24, 2.45) is 4.99 Å². The molecule has 0 amide bonds. The smallest absolute Gasteiger partial charge is 0.0402 e. The Labute approximate surface area is 69.9 Å². The summed E-state index contributed by atoms with van der Waals surface area (Å²) in [5.74, 6) is 0. The molecule has 0 radical (unpaired) electrons. The van der Waals surface area contributed by atoms with Gasteiger partial charge in [0.25, 0.3) is 0 Å². The van der Waals surface area contributed by atoms with Crippen molar-refractivity contribution in [1.82, 2.24) is 5.32 Å². The summed E-state index contributed by atoms with van der Waals surface area (Å²) < 4.78 is 0. The maximum atomic E-state index is 4.11. The lowest BCUT2D eigenvalue weighted by atomic mass is 10.1. The molecular formula is C10H8N2. The van der Waals surface area contributed by atoms with Gasteiger partial charge in [0.1, 0.15) is 0 Å². The summed E-state index contributed by atoms with van der Waals surface area (Å²) in [7, 11) is 0. The van der Waals surface area contributed by atoms with Crippen molar-refractivity contribution in [3.8, 4) is 0 Å². The minimum Gasteiger partial charge on any atom is -0.386 e. The Bertz CT molecular complexity index is 483. The van der Waals surface area contributed by atoms with Crippen molar-refractivity contribution in [1.29, 1.82) is 0 Å². The highest BCUT2D eigenvalue weighted by atomic mass is 14.8. The fraction of sp³-hybridized carbons (Fsp3) is 0.100. The Kier molecular flexibility index (Phi) is 0.987. The summed E-state index contributed by atoms with van der Waals surface area (Å²) in [6.45, 7) is 0.955. The van der Waals surface area contributed by atoms with E-state index in [1.807, 2.05) is 12.4 Å². The Morgan fingerprint density at radius 2 is 2.25 bits per heavy atom. The third-order valence-electron chi connectivity index (χ3n) is 2.32. The molecule has 2 heteroatoms. The molecule has 0 spiro atoms. The monoisotopic (exact) mass is 156 g/mol. The molecule has 0 fully saturated rings. The Balaban J connectivity index is 2.45. The zero-order chi connectivity index (χ0) is 7.97. The highest BCUT2D eigenvalue weighted by Gasteiger charge is 2.05. The normalized spacial score (nSPS) is 16.0. The number of hydrogen-bond acceptors (Lipinski definition) is 2. The van der Waals surface area contributed by atoms with Gasteiger partial charge in [0, 0.05) is 35.9 Å². The third kappa shape index (κ3) is 0.666. The van der Waals surface area contributed by atoms with E-state index >= 15 is 0 Å². The van der Waals surface area contributed by atoms with Crippen LogP contribution >= 0.6 is 0 Å². The molecular weight excluding hydrogens is 148 g/mol. The van der Waals surface area contributed by atoms with Crippen LogP contribution in [0.25, 0.3) is 12.4 Å². The van der Waals surface area contributed by atoms with Crippen LogP contribution in [0.15, 0.2) is 17.1 Å². The summed E-state index contributed by atoms with van der Waals surface area (Å²) in [6, 6.07) is 4.38. The number of hydrogen-bond donors (Lipinski definition) is 1. The molecule has 0 bridgehead atoms. The molecule has 3 rings (SSSR count). The van der Waals surface area contributed by atoms with Crippen LogP contribution in [0.2, 0.25) is 0 Å². The fourth-order valence-corrected chi connectivity index (χ4v) is 1.68. The SMILES string of the molecule is C1=NC=c2cc3c(cc21)=CNC3. The van der Waals surface area contributed by atoms with E-state index in [4.69, 9.17) is 0 Å². The van der Waals surface area contributed by atoms with Crippen molar-refractivity contribution >= 4 is 18.6 Å². The van der Waals surface area contributed by atoms with Crippen LogP contribution in [-0.4, -0.2) is 6.21 Å². The fourth-order valence-electron chi connectivity index (χ4n) is 1.68. The number of nitrogens with zero attached hydrogens (tertiary/aromatic N) is 1. The first-order valence-corrected chi connectivity index (χ1v) is 4.03. The highest BCUT2D eigenvalue weighted by molar-refractivity contribution is 5.85. The summed E-state index contributed by atoms with van der Waals surface area (Å²) in [4.78, 5) is 4.11. The molecule has 0 atom stereocenters. The van der Waals surface area contributed by atoms with Gasteiger partial charge in [-0.05, 0) is 22.9 Å².